The van der Waals surface area contributed by atoms with Gasteiger partial charge in [-0.3, -0.25) is 9.59 Å². The Labute approximate surface area is 137 Å². The van der Waals surface area contributed by atoms with Gasteiger partial charge in [0.15, 0.2) is 0 Å². The number of thiophene rings is 1. The van der Waals surface area contributed by atoms with Crippen molar-refractivity contribution >= 4 is 23.2 Å². The molecule has 1 aromatic carbocycles. The molecule has 1 aromatic heterocycles. The van der Waals surface area contributed by atoms with E-state index in [1.165, 1.54) is 23.5 Å². The number of carbonyl (C=O) groups excluding carboxylic acids is 2. The third-order valence-electron chi connectivity index (χ3n) is 3.19. The maximum Gasteiger partial charge on any atom is 0.252 e. The van der Waals surface area contributed by atoms with E-state index >= 15 is 0 Å². The molecule has 122 valence electrons. The van der Waals surface area contributed by atoms with Crippen molar-refractivity contribution in [3.63, 3.8) is 0 Å². The van der Waals surface area contributed by atoms with Crippen LogP contribution in [0.5, 0.6) is 0 Å². The number of rotatable bonds is 7. The predicted octanol–water partition coefficient (Wildman–Crippen LogP) is 1.82. The average Bonchev–Trinajstić information content (AvgIpc) is 3.08. The number of hydrogen-bond donors (Lipinski definition) is 3. The lowest BCUT2D eigenvalue weighted by atomic mass is 10.1. The van der Waals surface area contributed by atoms with E-state index in [2.05, 4.69) is 10.6 Å². The highest BCUT2D eigenvalue weighted by molar-refractivity contribution is 7.08. The van der Waals surface area contributed by atoms with Crippen molar-refractivity contribution in [2.45, 2.75) is 19.6 Å². The fourth-order valence-corrected chi connectivity index (χ4v) is 2.57. The van der Waals surface area contributed by atoms with Gasteiger partial charge >= 0.3 is 0 Å². The first kappa shape index (κ1) is 17.1. The van der Waals surface area contributed by atoms with Crippen LogP contribution in [0.3, 0.4) is 0 Å². The lowest BCUT2D eigenvalue weighted by Crippen LogP contribution is -2.30. The molecule has 0 spiro atoms. The Kier molecular flexibility index (Phi) is 6.25. The van der Waals surface area contributed by atoms with Crippen LogP contribution in [0, 0.1) is 5.82 Å². The molecule has 2 aromatic rings. The number of amides is 2. The molecule has 0 saturated carbocycles. The second-order valence-electron chi connectivity index (χ2n) is 4.88. The Morgan fingerprint density at radius 1 is 1.22 bits per heavy atom. The van der Waals surface area contributed by atoms with Crippen LogP contribution in [0.2, 0.25) is 0 Å². The smallest absolute Gasteiger partial charge is 0.252 e. The van der Waals surface area contributed by atoms with Gasteiger partial charge in [0.1, 0.15) is 5.82 Å². The highest BCUT2D eigenvalue weighted by Gasteiger charge is 2.07. The number of aliphatic hydroxyl groups excluding tert-OH is 1. The molecule has 0 saturated heterocycles. The van der Waals surface area contributed by atoms with Crippen LogP contribution >= 0.6 is 11.3 Å². The zero-order chi connectivity index (χ0) is 16.7. The highest BCUT2D eigenvalue weighted by Crippen LogP contribution is 2.10. The highest BCUT2D eigenvalue weighted by atomic mass is 32.1. The predicted molar refractivity (Wildman–Crippen MR) is 85.4 cm³/mol. The van der Waals surface area contributed by atoms with Crippen LogP contribution in [-0.2, 0) is 17.9 Å². The van der Waals surface area contributed by atoms with Crippen molar-refractivity contribution in [1.29, 1.82) is 0 Å². The molecule has 2 amide bonds. The number of carbonyl (C=O) groups is 2. The van der Waals surface area contributed by atoms with Gasteiger partial charge < -0.3 is 15.7 Å². The normalized spacial score (nSPS) is 10.3. The molecule has 0 aliphatic carbocycles. The minimum Gasteiger partial charge on any atom is -0.392 e. The molecule has 2 rings (SSSR count). The van der Waals surface area contributed by atoms with E-state index in [1.54, 1.807) is 17.5 Å². The standard InChI is InChI=1S/C16H17FN2O3S/c17-14-2-1-11(7-13(14)9-20)8-19-15(21)3-5-18-16(22)12-4-6-23-10-12/h1-2,4,6-7,10,20H,3,5,8-9H2,(H,18,22)(H,19,21). The summed E-state index contributed by atoms with van der Waals surface area (Å²) in [5.74, 6) is -0.894. The van der Waals surface area contributed by atoms with Gasteiger partial charge in [-0.25, -0.2) is 4.39 Å². The zero-order valence-electron chi connectivity index (χ0n) is 12.3. The SMILES string of the molecule is O=C(CCNC(=O)c1ccsc1)NCc1ccc(F)c(CO)c1. The third-order valence-corrected chi connectivity index (χ3v) is 3.87. The maximum absolute atomic E-state index is 13.2. The summed E-state index contributed by atoms with van der Waals surface area (Å²) in [5.41, 5.74) is 1.48. The van der Waals surface area contributed by atoms with Crippen LogP contribution in [0.15, 0.2) is 35.0 Å². The Morgan fingerprint density at radius 2 is 2.04 bits per heavy atom. The quantitative estimate of drug-likeness (QED) is 0.722. The molecule has 1 heterocycles. The number of halogens is 1. The first-order valence-electron chi connectivity index (χ1n) is 7.05. The van der Waals surface area contributed by atoms with Gasteiger partial charge in [-0.2, -0.15) is 11.3 Å². The van der Waals surface area contributed by atoms with Gasteiger partial charge in [-0.1, -0.05) is 6.07 Å². The van der Waals surface area contributed by atoms with Crippen LogP contribution in [-0.4, -0.2) is 23.5 Å². The number of hydrogen-bond acceptors (Lipinski definition) is 4. The summed E-state index contributed by atoms with van der Waals surface area (Å²) in [6.45, 7) is 0.0959. The molecule has 0 aliphatic rings. The van der Waals surface area contributed by atoms with Gasteiger partial charge in [-0.15, -0.1) is 0 Å². The van der Waals surface area contributed by atoms with E-state index in [1.807, 2.05) is 5.38 Å². The Morgan fingerprint density at radius 3 is 2.74 bits per heavy atom. The molecule has 0 unspecified atom stereocenters. The van der Waals surface area contributed by atoms with Crippen molar-refractivity contribution in [3.05, 3.63) is 57.5 Å². The molecule has 0 bridgehead atoms. The van der Waals surface area contributed by atoms with E-state index in [0.29, 0.717) is 11.1 Å². The van der Waals surface area contributed by atoms with E-state index in [0.717, 1.165) is 0 Å². The van der Waals surface area contributed by atoms with Gasteiger partial charge in [0.05, 0.1) is 6.61 Å². The van der Waals surface area contributed by atoms with Gasteiger partial charge in [0, 0.05) is 36.0 Å². The number of aliphatic hydroxyl groups is 1. The lowest BCUT2D eigenvalue weighted by molar-refractivity contribution is -0.121. The molecular weight excluding hydrogens is 319 g/mol. The van der Waals surface area contributed by atoms with E-state index in [4.69, 9.17) is 5.11 Å². The average molecular weight is 336 g/mol. The summed E-state index contributed by atoms with van der Waals surface area (Å²) in [5, 5.41) is 17.9. The molecule has 0 radical (unpaired) electrons. The summed E-state index contributed by atoms with van der Waals surface area (Å²) in [6, 6.07) is 6.03. The second kappa shape index (κ2) is 8.40. The lowest BCUT2D eigenvalue weighted by Gasteiger charge is -2.08. The third kappa shape index (κ3) is 5.15. The van der Waals surface area contributed by atoms with E-state index in [-0.39, 0.29) is 43.5 Å². The fourth-order valence-electron chi connectivity index (χ4n) is 1.93. The molecule has 0 atom stereocenters. The topological polar surface area (TPSA) is 78.4 Å². The van der Waals surface area contributed by atoms with Gasteiger partial charge in [0.25, 0.3) is 5.91 Å². The molecule has 7 heteroatoms. The largest absolute Gasteiger partial charge is 0.392 e. The van der Waals surface area contributed by atoms with Crippen LogP contribution in [0.25, 0.3) is 0 Å². The van der Waals surface area contributed by atoms with Crippen molar-refractivity contribution in [3.8, 4) is 0 Å². The van der Waals surface area contributed by atoms with Crippen LogP contribution in [0.1, 0.15) is 27.9 Å². The van der Waals surface area contributed by atoms with Gasteiger partial charge in [-0.05, 0) is 29.1 Å². The van der Waals surface area contributed by atoms with Crippen LogP contribution < -0.4 is 10.6 Å². The molecule has 5 nitrogen and oxygen atoms in total. The zero-order valence-corrected chi connectivity index (χ0v) is 13.2. The summed E-state index contributed by atoms with van der Waals surface area (Å²) in [4.78, 5) is 23.4. The first-order chi connectivity index (χ1) is 11.1. The Bertz CT molecular complexity index is 674. The number of nitrogens with one attached hydrogen (secondary N) is 2. The monoisotopic (exact) mass is 336 g/mol. The summed E-state index contributed by atoms with van der Waals surface area (Å²) >= 11 is 1.43. The van der Waals surface area contributed by atoms with E-state index < -0.39 is 5.82 Å². The molecule has 0 fully saturated rings. The van der Waals surface area contributed by atoms with Crippen LogP contribution in [0.4, 0.5) is 4.39 Å². The molecule has 0 aliphatic heterocycles. The Balaban J connectivity index is 1.72. The number of benzene rings is 1. The minimum absolute atomic E-state index is 0.157. The Hall–Kier alpha value is -2.25. The maximum atomic E-state index is 13.2. The van der Waals surface area contributed by atoms with Gasteiger partial charge in [0.2, 0.25) is 5.91 Å². The van der Waals surface area contributed by atoms with Crippen molar-refractivity contribution in [2.24, 2.45) is 0 Å². The van der Waals surface area contributed by atoms with Crippen molar-refractivity contribution < 1.29 is 19.1 Å². The summed E-state index contributed by atoms with van der Waals surface area (Å²) < 4.78 is 13.2. The fraction of sp³-hybridized carbons (Fsp3) is 0.250. The van der Waals surface area contributed by atoms with E-state index in [9.17, 15) is 14.0 Å². The van der Waals surface area contributed by atoms with Crippen molar-refractivity contribution in [1.82, 2.24) is 10.6 Å². The molecule has 23 heavy (non-hydrogen) atoms. The van der Waals surface area contributed by atoms with Crippen molar-refractivity contribution in [2.75, 3.05) is 6.54 Å². The first-order valence-corrected chi connectivity index (χ1v) is 7.99. The second-order valence-corrected chi connectivity index (χ2v) is 5.66. The summed E-state index contributed by atoms with van der Waals surface area (Å²) in [7, 11) is 0. The molecule has 3 N–H and O–H groups in total. The summed E-state index contributed by atoms with van der Waals surface area (Å²) in [6.07, 6.45) is 0.157. The minimum atomic E-state index is -0.473. The molecular formula is C16H17FN2O3S.